The fraction of sp³-hybridized carbons (Fsp3) is 0.381. The average molecular weight is 340 g/mol. The van der Waals surface area contributed by atoms with Gasteiger partial charge in [0.1, 0.15) is 5.75 Å². The topological polar surface area (TPSA) is 41.6 Å². The molecule has 0 unspecified atom stereocenters. The first kappa shape index (κ1) is 19.0. The summed E-state index contributed by atoms with van der Waals surface area (Å²) < 4.78 is 5.56. The van der Waals surface area contributed by atoms with Crippen LogP contribution in [-0.2, 0) is 11.3 Å². The van der Waals surface area contributed by atoms with Gasteiger partial charge in [-0.15, -0.1) is 0 Å². The number of carbonyl (C=O) groups excluding carboxylic acids is 1. The smallest absolute Gasteiger partial charge is 0.257 e. The minimum Gasteiger partial charge on any atom is -0.484 e. The van der Waals surface area contributed by atoms with Crippen molar-refractivity contribution in [3.63, 3.8) is 0 Å². The highest BCUT2D eigenvalue weighted by Crippen LogP contribution is 2.15. The maximum Gasteiger partial charge on any atom is 0.257 e. The summed E-state index contributed by atoms with van der Waals surface area (Å²) in [6.07, 6.45) is 0.915. The molecular formula is C21H28N2O2. The molecule has 0 aliphatic carbocycles. The summed E-state index contributed by atoms with van der Waals surface area (Å²) in [7, 11) is 2.10. The molecule has 0 aliphatic heterocycles. The molecule has 4 heteroatoms. The minimum absolute atomic E-state index is 0.0583. The van der Waals surface area contributed by atoms with Crippen molar-refractivity contribution in [1.82, 2.24) is 10.2 Å². The first-order valence-corrected chi connectivity index (χ1v) is 8.73. The predicted octanol–water partition coefficient (Wildman–Crippen LogP) is 3.32. The molecule has 0 atom stereocenters. The van der Waals surface area contributed by atoms with E-state index in [2.05, 4.69) is 47.6 Å². The number of carbonyl (C=O) groups is 1. The van der Waals surface area contributed by atoms with Crippen LogP contribution in [0.25, 0.3) is 0 Å². The van der Waals surface area contributed by atoms with Crippen LogP contribution in [0.5, 0.6) is 5.75 Å². The molecule has 0 aliphatic rings. The Hall–Kier alpha value is -2.33. The summed E-state index contributed by atoms with van der Waals surface area (Å²) in [5, 5.41) is 2.91. The Morgan fingerprint density at radius 2 is 1.76 bits per heavy atom. The van der Waals surface area contributed by atoms with Gasteiger partial charge in [-0.1, -0.05) is 36.4 Å². The second-order valence-electron chi connectivity index (χ2n) is 6.54. The van der Waals surface area contributed by atoms with Crippen LogP contribution in [0, 0.1) is 13.8 Å². The van der Waals surface area contributed by atoms with Crippen molar-refractivity contribution >= 4 is 5.91 Å². The van der Waals surface area contributed by atoms with Crippen LogP contribution >= 0.6 is 0 Å². The molecule has 2 rings (SSSR count). The molecule has 1 N–H and O–H groups in total. The van der Waals surface area contributed by atoms with E-state index in [0.717, 1.165) is 36.4 Å². The Labute approximate surface area is 150 Å². The minimum atomic E-state index is -0.0788. The highest BCUT2D eigenvalue weighted by atomic mass is 16.5. The Morgan fingerprint density at radius 1 is 1.08 bits per heavy atom. The van der Waals surface area contributed by atoms with Gasteiger partial charge >= 0.3 is 0 Å². The van der Waals surface area contributed by atoms with Crippen molar-refractivity contribution in [2.75, 3.05) is 26.7 Å². The molecule has 0 bridgehead atoms. The van der Waals surface area contributed by atoms with Gasteiger partial charge in [0, 0.05) is 13.1 Å². The molecule has 1 amide bonds. The number of hydrogen-bond donors (Lipinski definition) is 1. The molecule has 2 aromatic rings. The number of benzene rings is 2. The third kappa shape index (κ3) is 7.40. The van der Waals surface area contributed by atoms with Crippen molar-refractivity contribution in [3.8, 4) is 5.75 Å². The number of hydrogen-bond acceptors (Lipinski definition) is 3. The lowest BCUT2D eigenvalue weighted by Crippen LogP contribution is -2.31. The highest BCUT2D eigenvalue weighted by Gasteiger charge is 2.04. The highest BCUT2D eigenvalue weighted by molar-refractivity contribution is 5.77. The van der Waals surface area contributed by atoms with Gasteiger partial charge in [0.25, 0.3) is 5.91 Å². The van der Waals surface area contributed by atoms with E-state index in [4.69, 9.17) is 4.74 Å². The Kier molecular flexibility index (Phi) is 7.48. The van der Waals surface area contributed by atoms with E-state index in [1.165, 1.54) is 5.56 Å². The summed E-state index contributed by atoms with van der Waals surface area (Å²) in [6.45, 7) is 6.62. The van der Waals surface area contributed by atoms with E-state index < -0.39 is 0 Å². The van der Waals surface area contributed by atoms with Gasteiger partial charge < -0.3 is 15.0 Å². The molecular weight excluding hydrogens is 312 g/mol. The van der Waals surface area contributed by atoms with Gasteiger partial charge in [0.2, 0.25) is 0 Å². The Bertz CT molecular complexity index is 651. The number of aryl methyl sites for hydroxylation is 2. The molecule has 0 aromatic heterocycles. The molecule has 25 heavy (non-hydrogen) atoms. The van der Waals surface area contributed by atoms with Crippen LogP contribution in [-0.4, -0.2) is 37.6 Å². The van der Waals surface area contributed by atoms with Crippen LogP contribution in [0.2, 0.25) is 0 Å². The van der Waals surface area contributed by atoms with E-state index in [1.807, 2.05) is 32.0 Å². The van der Waals surface area contributed by atoms with Gasteiger partial charge in [-0.05, 0) is 62.7 Å². The summed E-state index contributed by atoms with van der Waals surface area (Å²) in [5.74, 6) is 0.667. The maximum absolute atomic E-state index is 11.9. The van der Waals surface area contributed by atoms with Gasteiger partial charge in [0.15, 0.2) is 6.61 Å². The molecule has 0 heterocycles. The fourth-order valence-corrected chi connectivity index (χ4v) is 2.77. The number of nitrogens with one attached hydrogen (secondary N) is 1. The number of ether oxygens (including phenoxy) is 1. The van der Waals surface area contributed by atoms with E-state index in [1.54, 1.807) is 0 Å². The summed E-state index contributed by atoms with van der Waals surface area (Å²) in [5.41, 5.74) is 3.57. The maximum atomic E-state index is 11.9. The monoisotopic (exact) mass is 340 g/mol. The molecule has 0 radical (unpaired) electrons. The zero-order chi connectivity index (χ0) is 18.1. The standard InChI is InChI=1S/C21H28N2O2/c1-17-12-18(2)14-20(13-17)25-16-21(24)22-10-7-11-23(3)15-19-8-5-4-6-9-19/h4-6,8-9,12-14H,7,10-11,15-16H2,1-3H3,(H,22,24). The fourth-order valence-electron chi connectivity index (χ4n) is 2.77. The van der Waals surface area contributed by atoms with Crippen LogP contribution in [0.4, 0.5) is 0 Å². The lowest BCUT2D eigenvalue weighted by atomic mass is 10.1. The third-order valence-corrected chi connectivity index (χ3v) is 3.90. The second kappa shape index (κ2) is 9.84. The predicted molar refractivity (Wildman–Crippen MR) is 102 cm³/mol. The van der Waals surface area contributed by atoms with Crippen molar-refractivity contribution in [2.45, 2.75) is 26.8 Å². The SMILES string of the molecule is Cc1cc(C)cc(OCC(=O)NCCCN(C)Cc2ccccc2)c1. The Morgan fingerprint density at radius 3 is 2.44 bits per heavy atom. The molecule has 2 aromatic carbocycles. The first-order chi connectivity index (χ1) is 12.0. The van der Waals surface area contributed by atoms with Gasteiger partial charge in [-0.3, -0.25) is 4.79 Å². The average Bonchev–Trinajstić information content (AvgIpc) is 2.57. The van der Waals surface area contributed by atoms with Crippen LogP contribution < -0.4 is 10.1 Å². The lowest BCUT2D eigenvalue weighted by Gasteiger charge is -2.16. The van der Waals surface area contributed by atoms with Crippen molar-refractivity contribution < 1.29 is 9.53 Å². The molecule has 0 fully saturated rings. The first-order valence-electron chi connectivity index (χ1n) is 8.73. The molecule has 4 nitrogen and oxygen atoms in total. The third-order valence-electron chi connectivity index (χ3n) is 3.90. The second-order valence-corrected chi connectivity index (χ2v) is 6.54. The lowest BCUT2D eigenvalue weighted by molar-refractivity contribution is -0.123. The normalized spacial score (nSPS) is 10.7. The largest absolute Gasteiger partial charge is 0.484 e. The molecule has 134 valence electrons. The zero-order valence-electron chi connectivity index (χ0n) is 15.4. The van der Waals surface area contributed by atoms with Crippen LogP contribution in [0.15, 0.2) is 48.5 Å². The van der Waals surface area contributed by atoms with Crippen molar-refractivity contribution in [1.29, 1.82) is 0 Å². The van der Waals surface area contributed by atoms with E-state index in [9.17, 15) is 4.79 Å². The van der Waals surface area contributed by atoms with E-state index >= 15 is 0 Å². The zero-order valence-corrected chi connectivity index (χ0v) is 15.4. The summed E-state index contributed by atoms with van der Waals surface area (Å²) in [6, 6.07) is 16.4. The van der Waals surface area contributed by atoms with E-state index in [0.29, 0.717) is 6.54 Å². The van der Waals surface area contributed by atoms with E-state index in [-0.39, 0.29) is 12.5 Å². The van der Waals surface area contributed by atoms with Crippen molar-refractivity contribution in [2.24, 2.45) is 0 Å². The molecule has 0 saturated heterocycles. The van der Waals surface area contributed by atoms with Crippen LogP contribution in [0.3, 0.4) is 0 Å². The number of nitrogens with zero attached hydrogens (tertiary/aromatic N) is 1. The molecule has 0 spiro atoms. The summed E-state index contributed by atoms with van der Waals surface area (Å²) in [4.78, 5) is 14.1. The number of rotatable bonds is 9. The van der Waals surface area contributed by atoms with Crippen LogP contribution in [0.1, 0.15) is 23.1 Å². The summed E-state index contributed by atoms with van der Waals surface area (Å²) >= 11 is 0. The number of amides is 1. The van der Waals surface area contributed by atoms with Gasteiger partial charge in [0.05, 0.1) is 0 Å². The molecule has 0 saturated carbocycles. The van der Waals surface area contributed by atoms with Gasteiger partial charge in [-0.2, -0.15) is 0 Å². The Balaban J connectivity index is 1.60. The quantitative estimate of drug-likeness (QED) is 0.712. The van der Waals surface area contributed by atoms with Crippen molar-refractivity contribution in [3.05, 3.63) is 65.2 Å². The van der Waals surface area contributed by atoms with Gasteiger partial charge in [-0.25, -0.2) is 0 Å².